The maximum Gasteiger partial charge on any atom is 0.326 e. The summed E-state index contributed by atoms with van der Waals surface area (Å²) in [6.07, 6.45) is 0.885. The van der Waals surface area contributed by atoms with E-state index in [4.69, 9.17) is 5.11 Å². The van der Waals surface area contributed by atoms with Crippen molar-refractivity contribution in [1.82, 2.24) is 5.32 Å². The summed E-state index contributed by atoms with van der Waals surface area (Å²) in [7, 11) is 0. The minimum atomic E-state index is -0.998. The van der Waals surface area contributed by atoms with Crippen LogP contribution in [0.4, 0.5) is 0 Å². The van der Waals surface area contributed by atoms with Gasteiger partial charge in [0.25, 0.3) is 5.91 Å². The second kappa shape index (κ2) is 6.00. The van der Waals surface area contributed by atoms with Gasteiger partial charge in [0.15, 0.2) is 0 Å². The lowest BCUT2D eigenvalue weighted by molar-refractivity contribution is -0.140. The fourth-order valence-electron chi connectivity index (χ4n) is 1.71. The molecular formula is C13H19NO3S. The average molecular weight is 269 g/mol. The van der Waals surface area contributed by atoms with Crippen LogP contribution >= 0.6 is 11.3 Å². The van der Waals surface area contributed by atoms with E-state index in [1.165, 1.54) is 11.3 Å². The molecule has 1 amide bonds. The Morgan fingerprint density at radius 1 is 1.44 bits per heavy atom. The molecular weight excluding hydrogens is 250 g/mol. The first-order chi connectivity index (χ1) is 8.36. The van der Waals surface area contributed by atoms with E-state index in [-0.39, 0.29) is 11.8 Å². The Kier molecular flexibility index (Phi) is 4.90. The normalized spacial score (nSPS) is 12.5. The van der Waals surface area contributed by atoms with E-state index in [1.807, 2.05) is 19.9 Å². The SMILES string of the molecule is CCc1sc(C(=O)N[C@@H](C(=O)O)C(C)C)cc1C. The van der Waals surface area contributed by atoms with Gasteiger partial charge in [-0.3, -0.25) is 4.79 Å². The van der Waals surface area contributed by atoms with Crippen molar-refractivity contribution in [1.29, 1.82) is 0 Å². The van der Waals surface area contributed by atoms with Crippen molar-refractivity contribution in [2.45, 2.75) is 40.2 Å². The highest BCUT2D eigenvalue weighted by Gasteiger charge is 2.24. The first kappa shape index (κ1) is 14.7. The molecule has 1 aromatic rings. The molecule has 0 aliphatic carbocycles. The number of hydrogen-bond donors (Lipinski definition) is 2. The number of aryl methyl sites for hydroxylation is 2. The number of carboxylic acid groups (broad SMARTS) is 1. The van der Waals surface area contributed by atoms with E-state index in [2.05, 4.69) is 5.32 Å². The highest BCUT2D eigenvalue weighted by atomic mass is 32.1. The summed E-state index contributed by atoms with van der Waals surface area (Å²) in [6.45, 7) is 7.55. The van der Waals surface area contributed by atoms with Crippen LogP contribution in [0.3, 0.4) is 0 Å². The number of amides is 1. The van der Waals surface area contributed by atoms with Gasteiger partial charge < -0.3 is 10.4 Å². The number of carbonyl (C=O) groups excluding carboxylic acids is 1. The van der Waals surface area contributed by atoms with Crippen LogP contribution in [0, 0.1) is 12.8 Å². The van der Waals surface area contributed by atoms with Gasteiger partial charge in [-0.25, -0.2) is 4.79 Å². The van der Waals surface area contributed by atoms with E-state index in [1.54, 1.807) is 13.8 Å². The molecule has 1 rings (SSSR count). The minimum Gasteiger partial charge on any atom is -0.480 e. The Morgan fingerprint density at radius 3 is 2.44 bits per heavy atom. The van der Waals surface area contributed by atoms with Crippen molar-refractivity contribution in [3.8, 4) is 0 Å². The number of carboxylic acids is 1. The van der Waals surface area contributed by atoms with Crippen LogP contribution in [-0.2, 0) is 11.2 Å². The van der Waals surface area contributed by atoms with Gasteiger partial charge in [-0.15, -0.1) is 11.3 Å². The van der Waals surface area contributed by atoms with E-state index >= 15 is 0 Å². The van der Waals surface area contributed by atoms with Gasteiger partial charge in [-0.1, -0.05) is 20.8 Å². The molecule has 1 heterocycles. The van der Waals surface area contributed by atoms with Gasteiger partial charge in [-0.05, 0) is 30.9 Å². The van der Waals surface area contributed by atoms with Gasteiger partial charge in [0.2, 0.25) is 0 Å². The zero-order valence-electron chi connectivity index (χ0n) is 11.1. The molecule has 0 radical (unpaired) electrons. The van der Waals surface area contributed by atoms with Crippen molar-refractivity contribution in [2.75, 3.05) is 0 Å². The molecule has 100 valence electrons. The summed E-state index contributed by atoms with van der Waals surface area (Å²) < 4.78 is 0. The molecule has 0 aromatic carbocycles. The fourth-order valence-corrected chi connectivity index (χ4v) is 2.73. The Bertz CT molecular complexity index is 451. The summed E-state index contributed by atoms with van der Waals surface area (Å²) >= 11 is 1.43. The molecule has 5 heteroatoms. The molecule has 1 atom stereocenters. The molecule has 4 nitrogen and oxygen atoms in total. The summed E-state index contributed by atoms with van der Waals surface area (Å²) in [4.78, 5) is 24.7. The van der Waals surface area contributed by atoms with E-state index in [9.17, 15) is 9.59 Å². The van der Waals surface area contributed by atoms with Gasteiger partial charge in [-0.2, -0.15) is 0 Å². The van der Waals surface area contributed by atoms with Crippen LogP contribution in [0.5, 0.6) is 0 Å². The first-order valence-electron chi connectivity index (χ1n) is 5.99. The Balaban J connectivity index is 2.83. The predicted octanol–water partition coefficient (Wildman–Crippen LogP) is 2.46. The molecule has 0 aliphatic heterocycles. The molecule has 0 spiro atoms. The molecule has 0 saturated heterocycles. The van der Waals surface area contributed by atoms with E-state index < -0.39 is 12.0 Å². The number of nitrogens with one attached hydrogen (secondary N) is 1. The van der Waals surface area contributed by atoms with Gasteiger partial charge >= 0.3 is 5.97 Å². The lowest BCUT2D eigenvalue weighted by Gasteiger charge is -2.17. The van der Waals surface area contributed by atoms with Crippen molar-refractivity contribution >= 4 is 23.2 Å². The van der Waals surface area contributed by atoms with Crippen LogP contribution < -0.4 is 5.32 Å². The summed E-state index contributed by atoms with van der Waals surface area (Å²) in [5.74, 6) is -1.44. The summed E-state index contributed by atoms with van der Waals surface area (Å²) in [5.41, 5.74) is 1.09. The fraction of sp³-hybridized carbons (Fsp3) is 0.538. The maximum absolute atomic E-state index is 12.0. The smallest absolute Gasteiger partial charge is 0.326 e. The molecule has 1 aromatic heterocycles. The zero-order chi connectivity index (χ0) is 13.9. The lowest BCUT2D eigenvalue weighted by atomic mass is 10.0. The van der Waals surface area contributed by atoms with Gasteiger partial charge in [0.1, 0.15) is 6.04 Å². The lowest BCUT2D eigenvalue weighted by Crippen LogP contribution is -2.44. The van der Waals surface area contributed by atoms with Crippen molar-refractivity contribution in [3.05, 3.63) is 21.4 Å². The van der Waals surface area contributed by atoms with Crippen LogP contribution in [0.25, 0.3) is 0 Å². The van der Waals surface area contributed by atoms with E-state index in [0.717, 1.165) is 16.9 Å². The van der Waals surface area contributed by atoms with Crippen LogP contribution in [-0.4, -0.2) is 23.0 Å². The number of rotatable bonds is 5. The first-order valence-corrected chi connectivity index (χ1v) is 6.81. The maximum atomic E-state index is 12.0. The molecule has 0 aliphatic rings. The number of hydrogen-bond acceptors (Lipinski definition) is 3. The highest BCUT2D eigenvalue weighted by molar-refractivity contribution is 7.14. The molecule has 0 fully saturated rings. The predicted molar refractivity (Wildman–Crippen MR) is 72.2 cm³/mol. The third kappa shape index (κ3) is 3.32. The number of carbonyl (C=O) groups is 2. The third-order valence-electron chi connectivity index (χ3n) is 2.78. The molecule has 0 bridgehead atoms. The zero-order valence-corrected chi connectivity index (χ0v) is 11.9. The Labute approximate surface area is 111 Å². The summed E-state index contributed by atoms with van der Waals surface area (Å²) in [5, 5.41) is 11.6. The van der Waals surface area contributed by atoms with Gasteiger partial charge in [0, 0.05) is 4.88 Å². The van der Waals surface area contributed by atoms with Crippen LogP contribution in [0.15, 0.2) is 6.07 Å². The molecule has 0 saturated carbocycles. The molecule has 2 N–H and O–H groups in total. The second-order valence-corrected chi connectivity index (χ2v) is 5.74. The number of aliphatic carboxylic acids is 1. The minimum absolute atomic E-state index is 0.141. The van der Waals surface area contributed by atoms with Crippen LogP contribution in [0.1, 0.15) is 40.9 Å². The quantitative estimate of drug-likeness (QED) is 0.863. The monoisotopic (exact) mass is 269 g/mol. The molecule has 0 unspecified atom stereocenters. The Morgan fingerprint density at radius 2 is 2.06 bits per heavy atom. The van der Waals surface area contributed by atoms with Crippen molar-refractivity contribution < 1.29 is 14.7 Å². The third-order valence-corrected chi connectivity index (χ3v) is 4.17. The van der Waals surface area contributed by atoms with Crippen molar-refractivity contribution in [3.63, 3.8) is 0 Å². The molecule has 18 heavy (non-hydrogen) atoms. The van der Waals surface area contributed by atoms with Crippen molar-refractivity contribution in [2.24, 2.45) is 5.92 Å². The van der Waals surface area contributed by atoms with E-state index in [0.29, 0.717) is 4.88 Å². The second-order valence-electron chi connectivity index (χ2n) is 4.60. The Hall–Kier alpha value is -1.36. The largest absolute Gasteiger partial charge is 0.480 e. The van der Waals surface area contributed by atoms with Gasteiger partial charge in [0.05, 0.1) is 4.88 Å². The van der Waals surface area contributed by atoms with Crippen LogP contribution in [0.2, 0.25) is 0 Å². The topological polar surface area (TPSA) is 66.4 Å². The summed E-state index contributed by atoms with van der Waals surface area (Å²) in [6, 6.07) is 0.975. The highest BCUT2D eigenvalue weighted by Crippen LogP contribution is 2.22. The standard InChI is InChI=1S/C13H19NO3S/c1-5-9-8(4)6-10(18-9)12(15)14-11(7(2)3)13(16)17/h6-7,11H,5H2,1-4H3,(H,14,15)(H,16,17)/t11-/m1/s1. The number of thiophene rings is 1. The average Bonchev–Trinajstić information content (AvgIpc) is 2.66.